The number of rotatable bonds is 0. The number of nitrogens with zero attached hydrogens (tertiary/aromatic N) is 3. The molecule has 0 radical (unpaired) electrons. The zero-order chi connectivity index (χ0) is 7.31. The zero-order valence-corrected chi connectivity index (χ0v) is 6.66. The summed E-state index contributed by atoms with van der Waals surface area (Å²) < 4.78 is 0. The molecule has 1 saturated carbocycles. The number of hydrogen-bond acceptors (Lipinski definition) is 3. The van der Waals surface area contributed by atoms with E-state index in [1.807, 2.05) is 0 Å². The summed E-state index contributed by atoms with van der Waals surface area (Å²) in [5.41, 5.74) is 0.441. The van der Waals surface area contributed by atoms with Crippen LogP contribution in [0.4, 0.5) is 0 Å². The largest absolute Gasteiger partial charge is 0.263 e. The van der Waals surface area contributed by atoms with E-state index in [1.165, 1.54) is 32.1 Å². The van der Waals surface area contributed by atoms with Crippen LogP contribution in [-0.2, 0) is 0 Å². The van der Waals surface area contributed by atoms with Crippen molar-refractivity contribution in [3.63, 3.8) is 0 Å². The lowest BCUT2D eigenvalue weighted by molar-refractivity contribution is 0.417. The number of hydrogen-bond donors (Lipinski definition) is 0. The van der Waals surface area contributed by atoms with Crippen LogP contribution < -0.4 is 0 Å². The van der Waals surface area contributed by atoms with Crippen molar-refractivity contribution in [2.24, 2.45) is 10.3 Å². The van der Waals surface area contributed by atoms with Crippen molar-refractivity contribution in [3.8, 4) is 0 Å². The summed E-state index contributed by atoms with van der Waals surface area (Å²) in [6.07, 6.45) is 6.91. The average Bonchev–Trinajstić information content (AvgIpc) is 2.48. The molecule has 0 bridgehead atoms. The average molecular weight is 151 g/mol. The van der Waals surface area contributed by atoms with E-state index in [0.717, 1.165) is 12.6 Å². The normalized spacial score (nSPS) is 46.5. The maximum atomic E-state index is 4.15. The lowest BCUT2D eigenvalue weighted by Gasteiger charge is -2.04. The molecule has 2 fully saturated rings. The van der Waals surface area contributed by atoms with Gasteiger partial charge in [0, 0.05) is 0 Å². The Morgan fingerprint density at radius 1 is 1.27 bits per heavy atom. The quantitative estimate of drug-likeness (QED) is 0.485. The highest BCUT2D eigenvalue weighted by molar-refractivity contribution is 5.18. The zero-order valence-electron chi connectivity index (χ0n) is 6.66. The van der Waals surface area contributed by atoms with Crippen molar-refractivity contribution in [2.45, 2.75) is 43.7 Å². The van der Waals surface area contributed by atoms with Crippen molar-refractivity contribution in [1.82, 2.24) is 5.01 Å². The summed E-state index contributed by atoms with van der Waals surface area (Å²) in [5, 5.41) is 10.5. The Morgan fingerprint density at radius 3 is 3.27 bits per heavy atom. The molecule has 2 atom stereocenters. The summed E-state index contributed by atoms with van der Waals surface area (Å²) in [7, 11) is 0. The molecule has 3 nitrogen and oxygen atoms in total. The molecule has 0 N–H and O–H groups in total. The molecule has 0 aromatic carbocycles. The summed E-state index contributed by atoms with van der Waals surface area (Å²) >= 11 is 0. The fraction of sp³-hybridized carbons (Fsp3) is 1.00. The Hall–Kier alpha value is -0.600. The van der Waals surface area contributed by atoms with E-state index in [4.69, 9.17) is 0 Å². The molecule has 11 heavy (non-hydrogen) atoms. The molecule has 3 aliphatic rings. The Bertz CT molecular complexity index is 213. The van der Waals surface area contributed by atoms with Gasteiger partial charge in [0.2, 0.25) is 0 Å². The smallest absolute Gasteiger partial charge is 0.103 e. The molecule has 0 amide bonds. The summed E-state index contributed by atoms with van der Waals surface area (Å²) in [6.45, 7) is 0.984. The first-order valence-corrected chi connectivity index (χ1v) is 4.60. The predicted molar refractivity (Wildman–Crippen MR) is 41.2 cm³/mol. The minimum atomic E-state index is 0.441. The molecule has 60 valence electrons. The van der Waals surface area contributed by atoms with Crippen molar-refractivity contribution >= 4 is 0 Å². The second-order valence-electron chi connectivity index (χ2n) is 3.95. The molecule has 1 aliphatic carbocycles. The molecule has 1 saturated heterocycles. The van der Waals surface area contributed by atoms with Crippen LogP contribution in [0.1, 0.15) is 32.1 Å². The van der Waals surface area contributed by atoms with E-state index in [0.29, 0.717) is 5.54 Å². The van der Waals surface area contributed by atoms with Crippen LogP contribution in [-0.4, -0.2) is 23.1 Å². The predicted octanol–water partition coefficient (Wildman–Crippen LogP) is 1.75. The van der Waals surface area contributed by atoms with E-state index in [1.54, 1.807) is 0 Å². The Morgan fingerprint density at radius 2 is 2.27 bits per heavy atom. The van der Waals surface area contributed by atoms with E-state index in [-0.39, 0.29) is 0 Å². The van der Waals surface area contributed by atoms with Gasteiger partial charge in [-0.05, 0) is 12.8 Å². The van der Waals surface area contributed by atoms with E-state index >= 15 is 0 Å². The monoisotopic (exact) mass is 151 g/mol. The SMILES string of the molecule is C1CCC2N3N=NCC23CC1. The maximum absolute atomic E-state index is 4.15. The van der Waals surface area contributed by atoms with Gasteiger partial charge in [-0.1, -0.05) is 24.5 Å². The minimum Gasteiger partial charge on any atom is -0.263 e. The van der Waals surface area contributed by atoms with Crippen molar-refractivity contribution < 1.29 is 0 Å². The van der Waals surface area contributed by atoms with E-state index in [9.17, 15) is 0 Å². The van der Waals surface area contributed by atoms with Gasteiger partial charge in [-0.25, -0.2) is 0 Å². The molecule has 0 aromatic rings. The Balaban J connectivity index is 1.86. The lowest BCUT2D eigenvalue weighted by atomic mass is 10.0. The van der Waals surface area contributed by atoms with Gasteiger partial charge in [-0.3, -0.25) is 5.01 Å². The molecule has 2 unspecified atom stereocenters. The van der Waals surface area contributed by atoms with E-state index < -0.39 is 0 Å². The Kier molecular flexibility index (Phi) is 0.957. The lowest BCUT2D eigenvalue weighted by Crippen LogP contribution is -2.17. The molecular weight excluding hydrogens is 138 g/mol. The maximum Gasteiger partial charge on any atom is 0.103 e. The van der Waals surface area contributed by atoms with Gasteiger partial charge >= 0.3 is 0 Å². The van der Waals surface area contributed by atoms with Gasteiger partial charge in [-0.15, -0.1) is 0 Å². The summed E-state index contributed by atoms with van der Waals surface area (Å²) in [4.78, 5) is 0. The molecule has 2 heterocycles. The van der Waals surface area contributed by atoms with Crippen molar-refractivity contribution in [2.75, 3.05) is 6.54 Å². The second-order valence-corrected chi connectivity index (χ2v) is 3.95. The third kappa shape index (κ3) is 0.596. The summed E-state index contributed by atoms with van der Waals surface area (Å²) in [6, 6.07) is 0.780. The van der Waals surface area contributed by atoms with Crippen molar-refractivity contribution in [3.05, 3.63) is 0 Å². The molecule has 0 aromatic heterocycles. The molecule has 1 spiro atoms. The summed E-state index contributed by atoms with van der Waals surface area (Å²) in [5.74, 6) is 0. The molecular formula is C8H13N3. The van der Waals surface area contributed by atoms with Crippen LogP contribution in [0, 0.1) is 0 Å². The van der Waals surface area contributed by atoms with Gasteiger partial charge in [-0.2, -0.15) is 5.11 Å². The van der Waals surface area contributed by atoms with Crippen LogP contribution in [0.5, 0.6) is 0 Å². The fourth-order valence-corrected chi connectivity index (χ4v) is 2.67. The van der Waals surface area contributed by atoms with Crippen LogP contribution in [0.2, 0.25) is 0 Å². The number of fused-ring (bicyclic) bond motifs is 1. The first kappa shape index (κ1) is 5.98. The van der Waals surface area contributed by atoms with Gasteiger partial charge in [0.15, 0.2) is 0 Å². The third-order valence-electron chi connectivity index (χ3n) is 3.40. The first-order valence-electron chi connectivity index (χ1n) is 4.60. The highest BCUT2D eigenvalue weighted by Gasteiger charge is 2.65. The standard InChI is InChI=1S/C8H13N3/c1-2-4-7-8(5-3-1)6-9-10-11(7)8/h7H,1-6H2. The van der Waals surface area contributed by atoms with Gasteiger partial charge in [0.25, 0.3) is 0 Å². The van der Waals surface area contributed by atoms with Crippen molar-refractivity contribution in [1.29, 1.82) is 0 Å². The van der Waals surface area contributed by atoms with Crippen LogP contribution >= 0.6 is 0 Å². The van der Waals surface area contributed by atoms with Crippen LogP contribution in [0.15, 0.2) is 10.3 Å². The fourth-order valence-electron chi connectivity index (χ4n) is 2.67. The van der Waals surface area contributed by atoms with Gasteiger partial charge < -0.3 is 0 Å². The molecule has 2 aliphatic heterocycles. The second kappa shape index (κ2) is 1.76. The molecule has 3 heteroatoms. The Labute approximate surface area is 66.5 Å². The third-order valence-corrected chi connectivity index (χ3v) is 3.40. The highest BCUT2D eigenvalue weighted by atomic mass is 15.7. The molecule has 3 rings (SSSR count). The highest BCUT2D eigenvalue weighted by Crippen LogP contribution is 2.53. The topological polar surface area (TPSA) is 27.7 Å². The van der Waals surface area contributed by atoms with Crippen LogP contribution in [0.25, 0.3) is 0 Å². The van der Waals surface area contributed by atoms with Gasteiger partial charge in [0.05, 0.1) is 12.6 Å². The first-order chi connectivity index (χ1) is 5.43. The van der Waals surface area contributed by atoms with E-state index in [2.05, 4.69) is 15.3 Å². The van der Waals surface area contributed by atoms with Gasteiger partial charge in [0.1, 0.15) is 5.54 Å². The van der Waals surface area contributed by atoms with Crippen LogP contribution in [0.3, 0.4) is 0 Å². The minimum absolute atomic E-state index is 0.441.